The van der Waals surface area contributed by atoms with Crippen LogP contribution >= 0.6 is 11.6 Å². The SMILES string of the molecule is O=C(O)CCN1C(=O)c2oc3ccccc3c(=O)c2C1c1ccc(Cl)cc1. The number of carbonyl (C=O) groups excluding carboxylic acids is 1. The summed E-state index contributed by atoms with van der Waals surface area (Å²) >= 11 is 5.96. The molecule has 3 aromatic rings. The van der Waals surface area contributed by atoms with Crippen molar-refractivity contribution in [2.45, 2.75) is 12.5 Å². The summed E-state index contributed by atoms with van der Waals surface area (Å²) in [4.78, 5) is 38.5. The Kier molecular flexibility index (Phi) is 4.20. The van der Waals surface area contributed by atoms with Crippen molar-refractivity contribution < 1.29 is 19.1 Å². The molecule has 1 aliphatic rings. The van der Waals surface area contributed by atoms with E-state index in [-0.39, 0.29) is 29.7 Å². The Labute approximate surface area is 158 Å². The molecule has 0 aliphatic carbocycles. The Morgan fingerprint density at radius 1 is 1.11 bits per heavy atom. The molecule has 1 amide bonds. The Balaban J connectivity index is 1.94. The van der Waals surface area contributed by atoms with Gasteiger partial charge in [-0.3, -0.25) is 14.4 Å². The minimum Gasteiger partial charge on any atom is -0.481 e. The number of benzene rings is 2. The van der Waals surface area contributed by atoms with Gasteiger partial charge >= 0.3 is 5.97 Å². The number of rotatable bonds is 4. The highest BCUT2D eigenvalue weighted by Crippen LogP contribution is 2.38. The van der Waals surface area contributed by atoms with Gasteiger partial charge in [-0.25, -0.2) is 0 Å². The lowest BCUT2D eigenvalue weighted by molar-refractivity contribution is -0.137. The molecule has 2 heterocycles. The number of aliphatic carboxylic acids is 1. The molecule has 0 spiro atoms. The Hall–Kier alpha value is -3.12. The van der Waals surface area contributed by atoms with Crippen molar-refractivity contribution >= 4 is 34.4 Å². The van der Waals surface area contributed by atoms with Gasteiger partial charge < -0.3 is 14.4 Å². The van der Waals surface area contributed by atoms with E-state index in [9.17, 15) is 14.4 Å². The number of hydrogen-bond donors (Lipinski definition) is 1. The van der Waals surface area contributed by atoms with Gasteiger partial charge in [-0.05, 0) is 29.8 Å². The molecular weight excluding hydrogens is 370 g/mol. The molecule has 7 heteroatoms. The second-order valence-corrected chi connectivity index (χ2v) is 6.70. The average Bonchev–Trinajstić information content (AvgIpc) is 2.93. The van der Waals surface area contributed by atoms with E-state index in [2.05, 4.69) is 0 Å². The van der Waals surface area contributed by atoms with E-state index in [0.29, 0.717) is 21.6 Å². The van der Waals surface area contributed by atoms with Crippen molar-refractivity contribution in [3.63, 3.8) is 0 Å². The fraction of sp³-hybridized carbons (Fsp3) is 0.150. The van der Waals surface area contributed by atoms with Crippen LogP contribution < -0.4 is 5.43 Å². The normalized spacial score (nSPS) is 16.0. The van der Waals surface area contributed by atoms with Gasteiger partial charge in [0.05, 0.1) is 23.4 Å². The average molecular weight is 384 g/mol. The summed E-state index contributed by atoms with van der Waals surface area (Å²) in [6.45, 7) is -0.0402. The summed E-state index contributed by atoms with van der Waals surface area (Å²) in [6.07, 6.45) is -0.239. The molecule has 0 saturated carbocycles. The zero-order valence-electron chi connectivity index (χ0n) is 14.0. The first-order valence-corrected chi connectivity index (χ1v) is 8.69. The van der Waals surface area contributed by atoms with Crippen LogP contribution in [0.2, 0.25) is 5.02 Å². The molecule has 0 radical (unpaired) electrons. The lowest BCUT2D eigenvalue weighted by atomic mass is 9.98. The number of para-hydroxylation sites is 1. The number of carboxylic acids is 1. The Bertz CT molecular complexity index is 1120. The first-order valence-electron chi connectivity index (χ1n) is 8.31. The molecule has 2 aromatic carbocycles. The van der Waals surface area contributed by atoms with Crippen LogP contribution in [0.5, 0.6) is 0 Å². The number of halogens is 1. The van der Waals surface area contributed by atoms with Crippen LogP contribution in [0, 0.1) is 0 Å². The molecule has 27 heavy (non-hydrogen) atoms. The largest absolute Gasteiger partial charge is 0.481 e. The Morgan fingerprint density at radius 2 is 1.81 bits per heavy atom. The third kappa shape index (κ3) is 2.88. The molecule has 136 valence electrons. The molecule has 1 N–H and O–H groups in total. The van der Waals surface area contributed by atoms with Crippen molar-refractivity contribution in [3.8, 4) is 0 Å². The number of amides is 1. The van der Waals surface area contributed by atoms with E-state index in [1.54, 1.807) is 48.5 Å². The zero-order chi connectivity index (χ0) is 19.1. The van der Waals surface area contributed by atoms with Crippen LogP contribution in [-0.4, -0.2) is 28.4 Å². The first-order chi connectivity index (χ1) is 13.0. The predicted octanol–water partition coefficient (Wildman–Crippen LogP) is 3.47. The van der Waals surface area contributed by atoms with Crippen LogP contribution in [0.25, 0.3) is 11.0 Å². The quantitative estimate of drug-likeness (QED) is 0.745. The molecule has 0 fully saturated rings. The number of carboxylic acid groups (broad SMARTS) is 1. The van der Waals surface area contributed by atoms with E-state index in [1.165, 1.54) is 4.90 Å². The highest BCUT2D eigenvalue weighted by Gasteiger charge is 2.42. The summed E-state index contributed by atoms with van der Waals surface area (Å²) < 4.78 is 5.75. The standard InChI is InChI=1S/C20H14ClNO5/c21-12-7-5-11(6-8-12)17-16-18(25)13-3-1-2-4-14(13)27-19(16)20(26)22(17)10-9-15(23)24/h1-8,17H,9-10H2,(H,23,24). The van der Waals surface area contributed by atoms with Crippen LogP contribution in [0.15, 0.2) is 57.7 Å². The summed E-state index contributed by atoms with van der Waals surface area (Å²) in [6, 6.07) is 12.8. The summed E-state index contributed by atoms with van der Waals surface area (Å²) in [5, 5.41) is 9.94. The number of nitrogens with zero attached hydrogens (tertiary/aromatic N) is 1. The van der Waals surface area contributed by atoms with Crippen molar-refractivity contribution in [2.24, 2.45) is 0 Å². The van der Waals surface area contributed by atoms with Gasteiger partial charge in [0, 0.05) is 11.6 Å². The lowest BCUT2D eigenvalue weighted by Crippen LogP contribution is -2.31. The van der Waals surface area contributed by atoms with Gasteiger partial charge in [-0.2, -0.15) is 0 Å². The first kappa shape index (κ1) is 17.3. The highest BCUT2D eigenvalue weighted by molar-refractivity contribution is 6.30. The molecule has 1 aliphatic heterocycles. The lowest BCUT2D eigenvalue weighted by Gasteiger charge is -2.24. The molecule has 1 aromatic heterocycles. The van der Waals surface area contributed by atoms with E-state index in [0.717, 1.165) is 0 Å². The van der Waals surface area contributed by atoms with Crippen LogP contribution in [0.3, 0.4) is 0 Å². The topological polar surface area (TPSA) is 87.8 Å². The number of carbonyl (C=O) groups is 2. The minimum atomic E-state index is -1.03. The molecule has 4 rings (SSSR count). The molecule has 0 bridgehead atoms. The zero-order valence-corrected chi connectivity index (χ0v) is 14.8. The van der Waals surface area contributed by atoms with Crippen molar-refractivity contribution in [3.05, 3.63) is 80.7 Å². The number of hydrogen-bond acceptors (Lipinski definition) is 4. The predicted molar refractivity (Wildman–Crippen MR) is 99.1 cm³/mol. The summed E-state index contributed by atoms with van der Waals surface area (Å²) in [7, 11) is 0. The van der Waals surface area contributed by atoms with Crippen molar-refractivity contribution in [1.29, 1.82) is 0 Å². The van der Waals surface area contributed by atoms with E-state index in [1.807, 2.05) is 0 Å². The van der Waals surface area contributed by atoms with E-state index >= 15 is 0 Å². The van der Waals surface area contributed by atoms with Crippen LogP contribution in [0.4, 0.5) is 0 Å². The van der Waals surface area contributed by atoms with E-state index in [4.69, 9.17) is 21.1 Å². The number of fused-ring (bicyclic) bond motifs is 2. The molecule has 0 saturated heterocycles. The molecule has 1 unspecified atom stereocenters. The fourth-order valence-electron chi connectivity index (χ4n) is 3.41. The molecule has 1 atom stereocenters. The van der Waals surface area contributed by atoms with Crippen molar-refractivity contribution in [1.82, 2.24) is 4.90 Å². The van der Waals surface area contributed by atoms with Crippen LogP contribution in [-0.2, 0) is 4.79 Å². The summed E-state index contributed by atoms with van der Waals surface area (Å²) in [5.41, 5.74) is 0.924. The molecular formula is C20H14ClNO5. The Morgan fingerprint density at radius 3 is 2.52 bits per heavy atom. The van der Waals surface area contributed by atoms with Gasteiger partial charge in [-0.15, -0.1) is 0 Å². The van der Waals surface area contributed by atoms with Gasteiger partial charge in [0.1, 0.15) is 5.58 Å². The third-order valence-corrected chi connectivity index (χ3v) is 4.88. The second-order valence-electron chi connectivity index (χ2n) is 6.27. The maximum Gasteiger partial charge on any atom is 0.305 e. The molecule has 6 nitrogen and oxygen atoms in total. The second kappa shape index (κ2) is 6.55. The van der Waals surface area contributed by atoms with E-state index < -0.39 is 17.9 Å². The third-order valence-electron chi connectivity index (χ3n) is 4.63. The fourth-order valence-corrected chi connectivity index (χ4v) is 3.53. The highest BCUT2D eigenvalue weighted by atomic mass is 35.5. The maximum absolute atomic E-state index is 13.1. The maximum atomic E-state index is 13.1. The van der Waals surface area contributed by atoms with Crippen LogP contribution in [0.1, 0.15) is 34.1 Å². The summed E-state index contributed by atoms with van der Waals surface area (Å²) in [5.74, 6) is -1.56. The van der Waals surface area contributed by atoms with Gasteiger partial charge in [-0.1, -0.05) is 35.9 Å². The monoisotopic (exact) mass is 383 g/mol. The van der Waals surface area contributed by atoms with Gasteiger partial charge in [0.2, 0.25) is 5.76 Å². The smallest absolute Gasteiger partial charge is 0.305 e. The van der Waals surface area contributed by atoms with Crippen molar-refractivity contribution in [2.75, 3.05) is 6.54 Å². The van der Waals surface area contributed by atoms with Gasteiger partial charge in [0.25, 0.3) is 5.91 Å². The van der Waals surface area contributed by atoms with Gasteiger partial charge in [0.15, 0.2) is 5.43 Å². The minimum absolute atomic E-state index is 0.0379.